The van der Waals surface area contributed by atoms with Crippen molar-refractivity contribution in [3.8, 4) is 11.4 Å². The molecule has 1 aliphatic heterocycles. The molecule has 2 heterocycles. The summed E-state index contributed by atoms with van der Waals surface area (Å²) in [6, 6.07) is 11.9. The van der Waals surface area contributed by atoms with Crippen molar-refractivity contribution in [1.82, 2.24) is 19.1 Å². The summed E-state index contributed by atoms with van der Waals surface area (Å²) < 4.78 is 47.0. The summed E-state index contributed by atoms with van der Waals surface area (Å²) in [4.78, 5) is 12.5. The maximum Gasteiger partial charge on any atom is 0.243 e. The minimum absolute atomic E-state index is 0.133. The first-order chi connectivity index (χ1) is 15.4. The highest BCUT2D eigenvalue weighted by Gasteiger charge is 2.26. The number of hydrogen-bond acceptors (Lipinski definition) is 7. The van der Waals surface area contributed by atoms with Gasteiger partial charge >= 0.3 is 0 Å². The summed E-state index contributed by atoms with van der Waals surface area (Å²) in [5.41, 5.74) is 1.14. The number of hydrogen-bond donors (Lipinski definition) is 0. The molecule has 0 atom stereocenters. The zero-order valence-corrected chi connectivity index (χ0v) is 18.9. The molecule has 1 aliphatic rings. The lowest BCUT2D eigenvalue weighted by atomic mass is 10.1. The van der Waals surface area contributed by atoms with Gasteiger partial charge in [-0.1, -0.05) is 11.8 Å². The second-order valence-corrected chi connectivity index (χ2v) is 10.0. The highest BCUT2D eigenvalue weighted by atomic mass is 32.2. The van der Waals surface area contributed by atoms with Gasteiger partial charge in [-0.3, -0.25) is 4.79 Å². The predicted octanol–water partition coefficient (Wildman–Crippen LogP) is 2.62. The maximum atomic E-state index is 13.0. The minimum atomic E-state index is -3.57. The number of rotatable bonds is 7. The number of benzene rings is 2. The first-order valence-corrected chi connectivity index (χ1v) is 12.3. The molecule has 1 aromatic heterocycles. The Morgan fingerprint density at radius 3 is 2.38 bits per heavy atom. The number of morpholine rings is 1. The van der Waals surface area contributed by atoms with E-state index in [0.29, 0.717) is 48.4 Å². The van der Waals surface area contributed by atoms with E-state index in [2.05, 4.69) is 10.2 Å². The smallest absolute Gasteiger partial charge is 0.243 e. The molecular formula is C21H21FN4O4S2. The molecule has 168 valence electrons. The summed E-state index contributed by atoms with van der Waals surface area (Å²) in [6.07, 6.45) is 0. The highest BCUT2D eigenvalue weighted by molar-refractivity contribution is 7.99. The second kappa shape index (κ2) is 9.49. The molecule has 4 rings (SSSR count). The van der Waals surface area contributed by atoms with Crippen molar-refractivity contribution in [2.45, 2.75) is 10.1 Å². The van der Waals surface area contributed by atoms with Crippen molar-refractivity contribution in [2.75, 3.05) is 32.1 Å². The maximum absolute atomic E-state index is 13.0. The summed E-state index contributed by atoms with van der Waals surface area (Å²) >= 11 is 1.23. The summed E-state index contributed by atoms with van der Waals surface area (Å²) in [6.45, 7) is 1.45. The molecule has 0 aliphatic carbocycles. The molecular weight excluding hydrogens is 455 g/mol. The summed E-state index contributed by atoms with van der Waals surface area (Å²) in [5.74, 6) is 0.152. The fraction of sp³-hybridized carbons (Fsp3) is 0.286. The van der Waals surface area contributed by atoms with E-state index in [1.54, 1.807) is 35.9 Å². The molecule has 0 spiro atoms. The Bertz CT molecular complexity index is 1210. The van der Waals surface area contributed by atoms with E-state index in [4.69, 9.17) is 4.74 Å². The van der Waals surface area contributed by atoms with Crippen LogP contribution in [0.15, 0.2) is 58.6 Å². The van der Waals surface area contributed by atoms with Gasteiger partial charge in [0.25, 0.3) is 0 Å². The first kappa shape index (κ1) is 22.6. The molecule has 0 saturated carbocycles. The highest BCUT2D eigenvalue weighted by Crippen LogP contribution is 2.25. The average Bonchev–Trinajstić information content (AvgIpc) is 3.18. The van der Waals surface area contributed by atoms with Crippen LogP contribution in [0.5, 0.6) is 0 Å². The Labute approximate surface area is 189 Å². The Morgan fingerprint density at radius 1 is 1.06 bits per heavy atom. The zero-order chi connectivity index (χ0) is 22.7. The lowest BCUT2D eigenvalue weighted by Crippen LogP contribution is -2.40. The Hall–Kier alpha value is -2.60. The van der Waals surface area contributed by atoms with E-state index < -0.39 is 15.8 Å². The molecule has 8 nitrogen and oxygen atoms in total. The predicted molar refractivity (Wildman–Crippen MR) is 117 cm³/mol. The monoisotopic (exact) mass is 476 g/mol. The molecule has 11 heteroatoms. The number of carbonyl (C=O) groups excluding carboxylic acids is 1. The van der Waals surface area contributed by atoms with E-state index in [-0.39, 0.29) is 16.4 Å². The lowest BCUT2D eigenvalue weighted by Gasteiger charge is -2.26. The topological polar surface area (TPSA) is 94.4 Å². The van der Waals surface area contributed by atoms with Crippen molar-refractivity contribution in [3.05, 3.63) is 59.9 Å². The number of thioether (sulfide) groups is 1. The van der Waals surface area contributed by atoms with Crippen LogP contribution < -0.4 is 0 Å². The molecule has 0 amide bonds. The fourth-order valence-corrected chi connectivity index (χ4v) is 5.47. The number of Topliss-reactive ketones (excluding diaryl/α,β-unsaturated/α-hetero) is 1. The molecule has 0 radical (unpaired) electrons. The largest absolute Gasteiger partial charge is 0.379 e. The summed E-state index contributed by atoms with van der Waals surface area (Å²) in [7, 11) is -1.79. The van der Waals surface area contributed by atoms with Crippen molar-refractivity contribution < 1.29 is 22.3 Å². The van der Waals surface area contributed by atoms with E-state index in [9.17, 15) is 17.6 Å². The quantitative estimate of drug-likeness (QED) is 0.382. The van der Waals surface area contributed by atoms with Crippen LogP contribution in [0.3, 0.4) is 0 Å². The van der Waals surface area contributed by atoms with Gasteiger partial charge in [-0.15, -0.1) is 10.2 Å². The molecule has 0 unspecified atom stereocenters. The number of ether oxygens (including phenoxy) is 1. The van der Waals surface area contributed by atoms with Gasteiger partial charge in [0, 0.05) is 31.3 Å². The van der Waals surface area contributed by atoms with E-state index in [1.165, 1.54) is 40.3 Å². The van der Waals surface area contributed by atoms with E-state index >= 15 is 0 Å². The van der Waals surface area contributed by atoms with Crippen molar-refractivity contribution in [2.24, 2.45) is 7.05 Å². The fourth-order valence-electron chi connectivity index (χ4n) is 3.25. The van der Waals surface area contributed by atoms with Gasteiger partial charge in [0.15, 0.2) is 16.8 Å². The standard InChI is InChI=1S/C21H21FN4O4S2/c1-25-20(23-24-21(25)31-14-19(27)15-2-6-17(22)7-3-15)16-4-8-18(9-5-16)32(28,29)26-10-12-30-13-11-26/h2-9H,10-14H2,1H3. The van der Waals surface area contributed by atoms with Gasteiger partial charge in [-0.25, -0.2) is 12.8 Å². The molecule has 2 aromatic carbocycles. The van der Waals surface area contributed by atoms with Crippen LogP contribution in [0.1, 0.15) is 10.4 Å². The van der Waals surface area contributed by atoms with Gasteiger partial charge < -0.3 is 9.30 Å². The third-order valence-corrected chi connectivity index (χ3v) is 7.99. The zero-order valence-electron chi connectivity index (χ0n) is 17.3. The molecule has 0 N–H and O–H groups in total. The van der Waals surface area contributed by atoms with Crippen LogP contribution in [0.25, 0.3) is 11.4 Å². The normalized spacial score (nSPS) is 15.1. The van der Waals surface area contributed by atoms with Gasteiger partial charge in [-0.05, 0) is 48.5 Å². The average molecular weight is 477 g/mol. The van der Waals surface area contributed by atoms with Gasteiger partial charge in [0.05, 0.1) is 23.9 Å². The Morgan fingerprint density at radius 2 is 1.72 bits per heavy atom. The lowest BCUT2D eigenvalue weighted by molar-refractivity contribution is 0.0730. The minimum Gasteiger partial charge on any atom is -0.379 e. The number of carbonyl (C=O) groups is 1. The molecule has 0 bridgehead atoms. The van der Waals surface area contributed by atoms with Crippen LogP contribution in [-0.2, 0) is 21.8 Å². The number of sulfonamides is 1. The number of ketones is 1. The van der Waals surface area contributed by atoms with Crippen molar-refractivity contribution in [3.63, 3.8) is 0 Å². The van der Waals surface area contributed by atoms with Gasteiger partial charge in [-0.2, -0.15) is 4.31 Å². The Kier molecular flexibility index (Phi) is 6.70. The number of nitrogens with zero attached hydrogens (tertiary/aromatic N) is 4. The van der Waals surface area contributed by atoms with Crippen LogP contribution in [-0.4, -0.2) is 65.3 Å². The van der Waals surface area contributed by atoms with Gasteiger partial charge in [0.2, 0.25) is 10.0 Å². The third-order valence-electron chi connectivity index (χ3n) is 5.05. The van der Waals surface area contributed by atoms with Crippen LogP contribution in [0.2, 0.25) is 0 Å². The molecule has 1 fully saturated rings. The van der Waals surface area contributed by atoms with E-state index in [1.807, 2.05) is 0 Å². The SMILES string of the molecule is Cn1c(SCC(=O)c2ccc(F)cc2)nnc1-c1ccc(S(=O)(=O)N2CCOCC2)cc1. The number of aromatic nitrogens is 3. The first-order valence-electron chi connectivity index (χ1n) is 9.85. The Balaban J connectivity index is 1.45. The van der Waals surface area contributed by atoms with Crippen LogP contribution in [0.4, 0.5) is 4.39 Å². The molecule has 3 aromatic rings. The van der Waals surface area contributed by atoms with Crippen molar-refractivity contribution >= 4 is 27.6 Å². The third kappa shape index (κ3) is 4.75. The second-order valence-electron chi connectivity index (χ2n) is 7.12. The van der Waals surface area contributed by atoms with Crippen molar-refractivity contribution in [1.29, 1.82) is 0 Å². The van der Waals surface area contributed by atoms with Crippen LogP contribution in [0, 0.1) is 5.82 Å². The van der Waals surface area contributed by atoms with Gasteiger partial charge in [0.1, 0.15) is 5.82 Å². The van der Waals surface area contributed by atoms with Crippen LogP contribution >= 0.6 is 11.8 Å². The summed E-state index contributed by atoms with van der Waals surface area (Å²) in [5, 5.41) is 8.87. The molecule has 1 saturated heterocycles. The number of halogens is 1. The van der Waals surface area contributed by atoms with E-state index in [0.717, 1.165) is 0 Å². The molecule has 32 heavy (non-hydrogen) atoms.